The Morgan fingerprint density at radius 3 is 1.52 bits per heavy atom. The smallest absolute Gasteiger partial charge is 0.726 e. The average molecular weight is 477 g/mol. The minimum Gasteiger partial charge on any atom is -0.726 e. The van der Waals surface area contributed by atoms with Crippen molar-refractivity contribution in [3.05, 3.63) is 0 Å². The van der Waals surface area contributed by atoms with Gasteiger partial charge in [-0.2, -0.15) is 0 Å². The van der Waals surface area contributed by atoms with Gasteiger partial charge in [-0.25, -0.2) is 8.42 Å². The summed E-state index contributed by atoms with van der Waals surface area (Å²) < 4.78 is 52.2. The minimum absolute atomic E-state index is 0. The van der Waals surface area contributed by atoms with Crippen LogP contribution in [0.4, 0.5) is 0 Å². The van der Waals surface area contributed by atoms with E-state index in [0.717, 1.165) is 13.0 Å². The number of rotatable bonds is 24. The number of ether oxygens (including phenoxy) is 3. The summed E-state index contributed by atoms with van der Waals surface area (Å²) in [7, 11) is -4.69. The van der Waals surface area contributed by atoms with Crippen molar-refractivity contribution in [1.29, 1.82) is 0 Å². The summed E-state index contributed by atoms with van der Waals surface area (Å²) in [6, 6.07) is 0. The van der Waals surface area contributed by atoms with Crippen LogP contribution in [0.3, 0.4) is 0 Å². The molecule has 0 N–H and O–H groups in total. The molecule has 7 nitrogen and oxygen atoms in total. The predicted molar refractivity (Wildman–Crippen MR) is 118 cm³/mol. The summed E-state index contributed by atoms with van der Waals surface area (Å²) in [5, 5.41) is 0. The van der Waals surface area contributed by atoms with Crippen molar-refractivity contribution in [2.75, 3.05) is 39.6 Å². The first-order valence-corrected chi connectivity index (χ1v) is 13.2. The van der Waals surface area contributed by atoms with Crippen LogP contribution in [0.25, 0.3) is 0 Å². The number of unbranched alkanes of at least 4 members (excludes halogenated alkanes) is 11. The fraction of sp³-hybridized carbons (Fsp3) is 1.00. The maximum absolute atomic E-state index is 10.5. The van der Waals surface area contributed by atoms with Gasteiger partial charge in [0.2, 0.25) is 10.4 Å². The van der Waals surface area contributed by atoms with E-state index in [0.29, 0.717) is 32.8 Å². The molecule has 0 fully saturated rings. The van der Waals surface area contributed by atoms with Gasteiger partial charge in [-0.05, 0) is 12.8 Å². The van der Waals surface area contributed by atoms with E-state index < -0.39 is 16.5 Å². The Morgan fingerprint density at radius 2 is 1.06 bits per heavy atom. The van der Waals surface area contributed by atoms with Crippen molar-refractivity contribution in [2.24, 2.45) is 0 Å². The first-order chi connectivity index (χ1) is 14.5. The fourth-order valence-corrected chi connectivity index (χ4v) is 3.61. The molecule has 0 aliphatic rings. The molecule has 0 aliphatic heterocycles. The van der Waals surface area contributed by atoms with Gasteiger partial charge in [-0.1, -0.05) is 84.5 Å². The van der Waals surface area contributed by atoms with Crippen LogP contribution >= 0.6 is 0 Å². The molecule has 0 aliphatic carbocycles. The molecule has 31 heavy (non-hydrogen) atoms. The predicted octanol–water partition coefficient (Wildman–Crippen LogP) is 2.00. The van der Waals surface area contributed by atoms with E-state index in [1.54, 1.807) is 6.92 Å². The summed E-state index contributed by atoms with van der Waals surface area (Å²) >= 11 is 0. The molecule has 0 heterocycles. The van der Waals surface area contributed by atoms with Crippen molar-refractivity contribution in [3.8, 4) is 0 Å². The van der Waals surface area contributed by atoms with Crippen LogP contribution < -0.4 is 29.6 Å². The third kappa shape index (κ3) is 28.7. The summed E-state index contributed by atoms with van der Waals surface area (Å²) in [6.45, 7) is 6.59. The van der Waals surface area contributed by atoms with Gasteiger partial charge in [0, 0.05) is 6.61 Å². The van der Waals surface area contributed by atoms with Crippen molar-refractivity contribution in [3.63, 3.8) is 0 Å². The van der Waals surface area contributed by atoms with E-state index in [1.807, 2.05) is 0 Å². The zero-order valence-electron chi connectivity index (χ0n) is 20.3. The SMILES string of the molecule is CCCCCCCCCCCCCCOCCOCCOCC(CC)OS(=O)(=O)[O-].[Na+]. The molecule has 0 spiro atoms. The van der Waals surface area contributed by atoms with Crippen LogP contribution in [0.5, 0.6) is 0 Å². The molecule has 0 aromatic heterocycles. The molecule has 0 rings (SSSR count). The monoisotopic (exact) mass is 476 g/mol. The van der Waals surface area contributed by atoms with Gasteiger partial charge in [0.25, 0.3) is 0 Å². The maximum atomic E-state index is 10.5. The van der Waals surface area contributed by atoms with E-state index >= 15 is 0 Å². The van der Waals surface area contributed by atoms with Crippen LogP contribution in [0, 0.1) is 0 Å². The molecule has 0 aromatic rings. The van der Waals surface area contributed by atoms with Crippen LogP contribution in [0.15, 0.2) is 0 Å². The molecule has 0 saturated carbocycles. The van der Waals surface area contributed by atoms with Gasteiger partial charge in [-0.3, -0.25) is 4.18 Å². The molecule has 1 unspecified atom stereocenters. The summed E-state index contributed by atoms with van der Waals surface area (Å²) in [6.07, 6.45) is 15.7. The molecule has 0 amide bonds. The Hall–Kier alpha value is 0.750. The quantitative estimate of drug-likeness (QED) is 0.0910. The summed E-state index contributed by atoms with van der Waals surface area (Å²) in [5.74, 6) is 0. The second kappa shape index (κ2) is 25.4. The van der Waals surface area contributed by atoms with Gasteiger partial charge in [0.15, 0.2) is 0 Å². The van der Waals surface area contributed by atoms with E-state index in [-0.39, 0.29) is 36.2 Å². The molecular formula is C22H45NaO7S. The van der Waals surface area contributed by atoms with Gasteiger partial charge < -0.3 is 18.8 Å². The zero-order chi connectivity index (χ0) is 22.3. The van der Waals surface area contributed by atoms with Crippen molar-refractivity contribution >= 4 is 10.4 Å². The van der Waals surface area contributed by atoms with Crippen LogP contribution in [0.2, 0.25) is 0 Å². The van der Waals surface area contributed by atoms with E-state index in [4.69, 9.17) is 14.2 Å². The number of hydrogen-bond acceptors (Lipinski definition) is 7. The first-order valence-electron chi connectivity index (χ1n) is 11.9. The topological polar surface area (TPSA) is 94.1 Å². The zero-order valence-corrected chi connectivity index (χ0v) is 23.1. The van der Waals surface area contributed by atoms with Crippen LogP contribution in [0.1, 0.15) is 97.3 Å². The van der Waals surface area contributed by atoms with Crippen LogP contribution in [-0.2, 0) is 28.8 Å². The second-order valence-corrected chi connectivity index (χ2v) is 8.73. The Bertz CT molecular complexity index is 449. The maximum Gasteiger partial charge on any atom is 1.00 e. The van der Waals surface area contributed by atoms with Gasteiger partial charge in [0.1, 0.15) is 0 Å². The molecule has 0 bridgehead atoms. The fourth-order valence-electron chi connectivity index (χ4n) is 3.08. The van der Waals surface area contributed by atoms with Gasteiger partial charge in [0.05, 0.1) is 39.1 Å². The molecule has 9 heteroatoms. The molecule has 0 radical (unpaired) electrons. The summed E-state index contributed by atoms with van der Waals surface area (Å²) in [4.78, 5) is 0. The van der Waals surface area contributed by atoms with Crippen molar-refractivity contribution < 1.29 is 60.9 Å². The molecule has 0 saturated heterocycles. The number of hydrogen-bond donors (Lipinski definition) is 0. The Morgan fingerprint density at radius 1 is 0.645 bits per heavy atom. The third-order valence-electron chi connectivity index (χ3n) is 4.90. The Kier molecular flexibility index (Phi) is 27.8. The molecule has 182 valence electrons. The van der Waals surface area contributed by atoms with Crippen LogP contribution in [-0.4, -0.2) is 58.7 Å². The largest absolute Gasteiger partial charge is 1.00 e. The first kappa shape index (κ1) is 33.9. The Balaban J connectivity index is 0. The minimum atomic E-state index is -4.69. The van der Waals surface area contributed by atoms with Gasteiger partial charge >= 0.3 is 29.6 Å². The average Bonchev–Trinajstić information content (AvgIpc) is 2.70. The Labute approximate surface area is 213 Å². The standard InChI is InChI=1S/C22H46O7S.Na/c1-3-5-6-7-8-9-10-11-12-13-14-15-16-26-17-18-27-19-20-28-21-22(4-2)29-30(23,24)25;/h22H,3-21H2,1-2H3,(H,23,24,25);/q;+1/p-1. The molecule has 1 atom stereocenters. The molecule has 0 aromatic carbocycles. The van der Waals surface area contributed by atoms with E-state index in [9.17, 15) is 13.0 Å². The van der Waals surface area contributed by atoms with E-state index in [2.05, 4.69) is 11.1 Å². The van der Waals surface area contributed by atoms with Gasteiger partial charge in [-0.15, -0.1) is 0 Å². The van der Waals surface area contributed by atoms with E-state index in [1.165, 1.54) is 70.6 Å². The second-order valence-electron chi connectivity index (χ2n) is 7.72. The normalized spacial score (nSPS) is 12.6. The van der Waals surface area contributed by atoms with Crippen molar-refractivity contribution in [2.45, 2.75) is 103 Å². The molecular weight excluding hydrogens is 431 g/mol. The van der Waals surface area contributed by atoms with Crippen molar-refractivity contribution in [1.82, 2.24) is 0 Å². The third-order valence-corrected chi connectivity index (χ3v) is 5.41. The summed E-state index contributed by atoms with van der Waals surface area (Å²) in [5.41, 5.74) is 0.